The van der Waals surface area contributed by atoms with Crippen LogP contribution in [0.5, 0.6) is 0 Å². The number of hydrogen-bond acceptors (Lipinski definition) is 5. The third-order valence-corrected chi connectivity index (χ3v) is 4.66. The smallest absolute Gasteiger partial charge is 0.352 e. The fourth-order valence-electron chi connectivity index (χ4n) is 2.67. The third kappa shape index (κ3) is 11.5. The first kappa shape index (κ1) is 30.4. The number of nitrogens with one attached hydrogen (secondary N) is 5. The number of anilines is 1. The highest BCUT2D eigenvalue weighted by Crippen LogP contribution is 2.15. The van der Waals surface area contributed by atoms with Crippen LogP contribution in [0, 0.1) is 0 Å². The van der Waals surface area contributed by atoms with Gasteiger partial charge in [0.25, 0.3) is 0 Å². The van der Waals surface area contributed by atoms with E-state index in [0.29, 0.717) is 16.8 Å². The maximum atomic E-state index is 12.5. The van der Waals surface area contributed by atoms with E-state index in [-0.39, 0.29) is 17.3 Å². The molecule has 0 aliphatic heterocycles. The Morgan fingerprint density at radius 2 is 1.16 bits per heavy atom. The lowest BCUT2D eigenvalue weighted by atomic mass is 9.99. The van der Waals surface area contributed by atoms with Gasteiger partial charge in [0.1, 0.15) is 24.5 Å². The second kappa shape index (κ2) is 13.7. The van der Waals surface area contributed by atoms with Crippen molar-refractivity contribution in [3.63, 3.8) is 0 Å². The van der Waals surface area contributed by atoms with Crippen LogP contribution in [0.1, 0.15) is 18.1 Å². The molecular formula is C22H21F6N7OS2. The van der Waals surface area contributed by atoms with Gasteiger partial charge in [0.2, 0.25) is 5.91 Å². The molecule has 0 saturated heterocycles. The van der Waals surface area contributed by atoms with Gasteiger partial charge in [0.05, 0.1) is 0 Å². The summed E-state index contributed by atoms with van der Waals surface area (Å²) in [7, 11) is 0. The molecule has 0 unspecified atom stereocenters. The van der Waals surface area contributed by atoms with E-state index in [1.807, 2.05) is 10.6 Å². The molecule has 2 aromatic carbocycles. The number of rotatable bonds is 8. The molecule has 0 heterocycles. The minimum atomic E-state index is -4.53. The van der Waals surface area contributed by atoms with Crippen LogP contribution in [-0.2, 0) is 4.79 Å². The number of alkyl halides is 6. The molecule has 0 radical (unpaired) electrons. The SMILES string of the molecule is CC(=O)Nc1ccc(C(=N\NC(=S)NCC(F)(F)F)/C(=N/NC(=S)NCC(F)(F)F)c2ccccc2)cc1. The highest BCUT2D eigenvalue weighted by molar-refractivity contribution is 7.80. The summed E-state index contributed by atoms with van der Waals surface area (Å²) in [6, 6.07) is 14.4. The summed E-state index contributed by atoms with van der Waals surface area (Å²) in [4.78, 5) is 11.3. The lowest BCUT2D eigenvalue weighted by Gasteiger charge is -2.15. The van der Waals surface area contributed by atoms with Gasteiger partial charge in [-0.25, -0.2) is 0 Å². The molecule has 204 valence electrons. The average Bonchev–Trinajstić information content (AvgIpc) is 2.83. The summed E-state index contributed by atoms with van der Waals surface area (Å²) >= 11 is 9.73. The van der Waals surface area contributed by atoms with E-state index in [4.69, 9.17) is 24.4 Å². The Balaban J connectivity index is 2.47. The number of carbonyl (C=O) groups excluding carboxylic acids is 1. The van der Waals surface area contributed by atoms with Gasteiger partial charge in [-0.2, -0.15) is 36.5 Å². The molecule has 0 aliphatic rings. The van der Waals surface area contributed by atoms with Gasteiger partial charge in [0.15, 0.2) is 10.2 Å². The summed E-state index contributed by atoms with van der Waals surface area (Å²) in [5.41, 5.74) is 5.97. The van der Waals surface area contributed by atoms with Crippen LogP contribution in [0.25, 0.3) is 0 Å². The van der Waals surface area contributed by atoms with Crippen molar-refractivity contribution >= 4 is 57.7 Å². The Labute approximate surface area is 223 Å². The topological polar surface area (TPSA) is 102 Å². The number of thiocarbonyl (C=S) groups is 2. The van der Waals surface area contributed by atoms with E-state index in [2.05, 4.69) is 26.4 Å². The van der Waals surface area contributed by atoms with E-state index < -0.39 is 35.7 Å². The molecule has 8 nitrogen and oxygen atoms in total. The van der Waals surface area contributed by atoms with Crippen molar-refractivity contribution in [3.8, 4) is 0 Å². The van der Waals surface area contributed by atoms with Gasteiger partial charge < -0.3 is 16.0 Å². The molecule has 0 bridgehead atoms. The minimum Gasteiger partial charge on any atom is -0.352 e. The van der Waals surface area contributed by atoms with Crippen LogP contribution in [0.3, 0.4) is 0 Å². The highest BCUT2D eigenvalue weighted by atomic mass is 32.1. The average molecular weight is 578 g/mol. The Bertz CT molecular complexity index is 1180. The van der Waals surface area contributed by atoms with Gasteiger partial charge in [-0.15, -0.1) is 0 Å². The summed E-state index contributed by atoms with van der Waals surface area (Å²) in [5.74, 6) is -0.315. The van der Waals surface area contributed by atoms with Crippen LogP contribution in [0.2, 0.25) is 0 Å². The molecule has 1 amide bonds. The second-order valence-corrected chi connectivity index (χ2v) is 8.18. The van der Waals surface area contributed by atoms with E-state index in [1.165, 1.54) is 31.2 Å². The minimum absolute atomic E-state index is 0.0351. The fourth-order valence-corrected chi connectivity index (χ4v) is 2.91. The molecule has 2 aromatic rings. The summed E-state index contributed by atoms with van der Waals surface area (Å²) in [5, 5.41) is 13.9. The lowest BCUT2D eigenvalue weighted by molar-refractivity contribution is -0.122. The first-order valence-electron chi connectivity index (χ1n) is 10.5. The number of hydrazone groups is 2. The molecule has 5 N–H and O–H groups in total. The lowest BCUT2D eigenvalue weighted by Crippen LogP contribution is -2.40. The molecule has 0 fully saturated rings. The Morgan fingerprint density at radius 3 is 1.55 bits per heavy atom. The van der Waals surface area contributed by atoms with Crippen LogP contribution in [-0.4, -0.2) is 53.0 Å². The standard InChI is InChI=1S/C22H21F6N7OS2/c1-13(36)31-16-9-7-15(8-10-16)18(33-35-20(38)30-12-22(26,27)28)17(14-5-3-2-4-6-14)32-34-19(37)29-11-21(23,24)25/h2-10H,11-12H2,1H3,(H,31,36)(H2,29,34,37)(H2,30,35,38)/b32-17+,33-18+. The zero-order chi connectivity index (χ0) is 28.3. The summed E-state index contributed by atoms with van der Waals surface area (Å²) in [6.07, 6.45) is -9.06. The molecule has 38 heavy (non-hydrogen) atoms. The first-order valence-corrected chi connectivity index (χ1v) is 11.4. The van der Waals surface area contributed by atoms with Crippen LogP contribution in [0.4, 0.5) is 32.0 Å². The molecule has 0 aromatic heterocycles. The number of halogens is 6. The monoisotopic (exact) mass is 577 g/mol. The van der Waals surface area contributed by atoms with Gasteiger partial charge in [-0.1, -0.05) is 42.5 Å². The number of benzene rings is 2. The van der Waals surface area contributed by atoms with Gasteiger partial charge >= 0.3 is 12.4 Å². The highest BCUT2D eigenvalue weighted by Gasteiger charge is 2.28. The van der Waals surface area contributed by atoms with Gasteiger partial charge in [0, 0.05) is 23.7 Å². The molecule has 2 rings (SSSR count). The Morgan fingerprint density at radius 1 is 0.737 bits per heavy atom. The molecule has 0 saturated carbocycles. The van der Waals surface area contributed by atoms with E-state index >= 15 is 0 Å². The van der Waals surface area contributed by atoms with Crippen molar-refractivity contribution in [2.75, 3.05) is 18.4 Å². The fraction of sp³-hybridized carbons (Fsp3) is 0.227. The van der Waals surface area contributed by atoms with Crippen LogP contribution in [0.15, 0.2) is 64.8 Å². The van der Waals surface area contributed by atoms with E-state index in [9.17, 15) is 31.1 Å². The summed E-state index contributed by atoms with van der Waals surface area (Å²) < 4.78 is 75.2. The number of amides is 1. The molecule has 0 atom stereocenters. The van der Waals surface area contributed by atoms with Crippen molar-refractivity contribution in [1.82, 2.24) is 21.5 Å². The van der Waals surface area contributed by atoms with Crippen molar-refractivity contribution < 1.29 is 31.1 Å². The van der Waals surface area contributed by atoms with E-state index in [1.54, 1.807) is 30.3 Å². The largest absolute Gasteiger partial charge is 0.405 e. The summed E-state index contributed by atoms with van der Waals surface area (Å²) in [6.45, 7) is -1.49. The van der Waals surface area contributed by atoms with Crippen LogP contribution >= 0.6 is 24.4 Å². The first-order chi connectivity index (χ1) is 17.7. The zero-order valence-electron chi connectivity index (χ0n) is 19.5. The van der Waals surface area contributed by atoms with Crippen molar-refractivity contribution in [1.29, 1.82) is 0 Å². The van der Waals surface area contributed by atoms with Crippen molar-refractivity contribution in [2.45, 2.75) is 19.3 Å². The Hall–Kier alpha value is -3.79. The maximum Gasteiger partial charge on any atom is 0.405 e. The molecular weight excluding hydrogens is 556 g/mol. The van der Waals surface area contributed by atoms with Gasteiger partial charge in [-0.05, 0) is 36.6 Å². The van der Waals surface area contributed by atoms with Crippen LogP contribution < -0.4 is 26.8 Å². The predicted octanol–water partition coefficient (Wildman–Crippen LogP) is 3.81. The molecule has 0 spiro atoms. The Kier molecular flexibility index (Phi) is 10.9. The second-order valence-electron chi connectivity index (χ2n) is 7.36. The number of carbonyl (C=O) groups is 1. The third-order valence-electron chi connectivity index (χ3n) is 4.19. The quantitative estimate of drug-likeness (QED) is 0.141. The zero-order valence-corrected chi connectivity index (χ0v) is 21.1. The predicted molar refractivity (Wildman–Crippen MR) is 140 cm³/mol. The maximum absolute atomic E-state index is 12.5. The van der Waals surface area contributed by atoms with E-state index in [0.717, 1.165) is 0 Å². The molecule has 0 aliphatic carbocycles. The normalized spacial score (nSPS) is 12.4. The van der Waals surface area contributed by atoms with Crippen molar-refractivity contribution in [2.24, 2.45) is 10.2 Å². The molecule has 16 heteroatoms. The number of hydrogen-bond donors (Lipinski definition) is 5. The number of nitrogens with zero attached hydrogens (tertiary/aromatic N) is 2. The van der Waals surface area contributed by atoms with Crippen molar-refractivity contribution in [3.05, 3.63) is 65.7 Å². The van der Waals surface area contributed by atoms with Gasteiger partial charge in [-0.3, -0.25) is 15.6 Å².